The molecule has 2 aromatic rings. The lowest BCUT2D eigenvalue weighted by atomic mass is 10.1. The van der Waals surface area contributed by atoms with Crippen molar-refractivity contribution in [2.24, 2.45) is 5.73 Å². The predicted octanol–water partition coefficient (Wildman–Crippen LogP) is 4.00. The van der Waals surface area contributed by atoms with Crippen molar-refractivity contribution in [3.8, 4) is 0 Å². The average Bonchev–Trinajstić information content (AvgIpc) is 2.91. The van der Waals surface area contributed by atoms with Crippen molar-refractivity contribution in [3.05, 3.63) is 51.2 Å². The van der Waals surface area contributed by atoms with Crippen LogP contribution in [0.2, 0.25) is 5.02 Å². The summed E-state index contributed by atoms with van der Waals surface area (Å²) >= 11 is 12.6. The monoisotopic (exact) mass is 338 g/mol. The molecule has 1 amide bonds. The number of nitrogens with one attached hydrogen (secondary N) is 1. The largest absolute Gasteiger partial charge is 0.389 e. The molecule has 0 aliphatic carbocycles. The molecule has 0 saturated carbocycles. The number of thiophene rings is 1. The molecule has 110 valence electrons. The Labute approximate surface area is 138 Å². The molecule has 0 atom stereocenters. The quantitative estimate of drug-likeness (QED) is 0.783. The van der Waals surface area contributed by atoms with Gasteiger partial charge in [-0.3, -0.25) is 4.79 Å². The Kier molecular flexibility index (Phi) is 5.73. The number of carbonyl (C=O) groups excluding carboxylic acids is 1. The van der Waals surface area contributed by atoms with Gasteiger partial charge in [0.25, 0.3) is 0 Å². The van der Waals surface area contributed by atoms with Gasteiger partial charge in [-0.1, -0.05) is 29.9 Å². The van der Waals surface area contributed by atoms with Crippen LogP contribution in [0.1, 0.15) is 23.3 Å². The van der Waals surface area contributed by atoms with Crippen LogP contribution in [0.4, 0.5) is 5.69 Å². The first-order valence-corrected chi connectivity index (χ1v) is 8.14. The van der Waals surface area contributed by atoms with Gasteiger partial charge < -0.3 is 11.1 Å². The number of carbonyl (C=O) groups is 1. The number of halogens is 1. The molecule has 3 nitrogen and oxygen atoms in total. The molecular formula is C15H15ClN2OS2. The van der Waals surface area contributed by atoms with E-state index in [1.54, 1.807) is 29.5 Å². The summed E-state index contributed by atoms with van der Waals surface area (Å²) in [4.78, 5) is 13.5. The van der Waals surface area contributed by atoms with E-state index in [4.69, 9.17) is 29.6 Å². The molecule has 0 bridgehead atoms. The lowest BCUT2D eigenvalue weighted by Crippen LogP contribution is -2.17. The van der Waals surface area contributed by atoms with Gasteiger partial charge in [-0.05, 0) is 42.5 Å². The van der Waals surface area contributed by atoms with Gasteiger partial charge in [0.1, 0.15) is 4.99 Å². The Morgan fingerprint density at radius 2 is 2.19 bits per heavy atom. The van der Waals surface area contributed by atoms with Crippen molar-refractivity contribution in [3.63, 3.8) is 0 Å². The first-order chi connectivity index (χ1) is 10.1. The molecule has 6 heteroatoms. The van der Waals surface area contributed by atoms with Crippen LogP contribution in [-0.2, 0) is 11.2 Å². The van der Waals surface area contributed by atoms with Gasteiger partial charge in [-0.2, -0.15) is 0 Å². The number of benzene rings is 1. The first kappa shape index (κ1) is 15.9. The highest BCUT2D eigenvalue weighted by Crippen LogP contribution is 2.21. The van der Waals surface area contributed by atoms with E-state index in [9.17, 15) is 4.79 Å². The molecule has 1 aromatic carbocycles. The van der Waals surface area contributed by atoms with Gasteiger partial charge in [0.05, 0.1) is 5.69 Å². The number of thiocarbonyl (C=S) groups is 1. The Balaban J connectivity index is 1.93. The number of aryl methyl sites for hydroxylation is 1. The molecule has 0 fully saturated rings. The second kappa shape index (κ2) is 7.54. The normalized spacial score (nSPS) is 10.3. The summed E-state index contributed by atoms with van der Waals surface area (Å²) in [6.07, 6.45) is 2.15. The zero-order chi connectivity index (χ0) is 15.2. The third kappa shape index (κ3) is 4.81. The van der Waals surface area contributed by atoms with Crippen LogP contribution >= 0.6 is 35.2 Å². The van der Waals surface area contributed by atoms with Crippen LogP contribution in [-0.4, -0.2) is 10.9 Å². The molecular weight excluding hydrogens is 324 g/mol. The second-order valence-corrected chi connectivity index (χ2v) is 6.44. The number of rotatable bonds is 6. The fraction of sp³-hybridized carbons (Fsp3) is 0.200. The molecule has 0 unspecified atom stereocenters. The maximum absolute atomic E-state index is 12.0. The van der Waals surface area contributed by atoms with E-state index < -0.39 is 0 Å². The Bertz CT molecular complexity index is 641. The van der Waals surface area contributed by atoms with Gasteiger partial charge in [0.15, 0.2) is 0 Å². The van der Waals surface area contributed by atoms with E-state index in [2.05, 4.69) is 11.4 Å². The number of nitrogens with two attached hydrogens (primary N) is 1. The Morgan fingerprint density at radius 3 is 2.86 bits per heavy atom. The second-order valence-electron chi connectivity index (χ2n) is 4.54. The van der Waals surface area contributed by atoms with Crippen molar-refractivity contribution < 1.29 is 4.79 Å². The third-order valence-electron chi connectivity index (χ3n) is 2.93. The third-order valence-corrected chi connectivity index (χ3v) is 4.32. The van der Waals surface area contributed by atoms with Gasteiger partial charge >= 0.3 is 0 Å². The number of hydrogen-bond donors (Lipinski definition) is 2. The maximum atomic E-state index is 12.0. The summed E-state index contributed by atoms with van der Waals surface area (Å²) in [5.74, 6) is -0.0636. The van der Waals surface area contributed by atoms with E-state index >= 15 is 0 Å². The Hall–Kier alpha value is -1.43. The fourth-order valence-corrected chi connectivity index (χ4v) is 3.03. The average molecular weight is 339 g/mol. The molecule has 0 saturated heterocycles. The molecule has 1 heterocycles. The summed E-state index contributed by atoms with van der Waals surface area (Å²) in [6.45, 7) is 0. The van der Waals surface area contributed by atoms with Crippen LogP contribution in [0.3, 0.4) is 0 Å². The molecule has 3 N–H and O–H groups in total. The molecule has 0 aliphatic heterocycles. The fourth-order valence-electron chi connectivity index (χ4n) is 1.93. The van der Waals surface area contributed by atoms with Crippen LogP contribution in [0.25, 0.3) is 0 Å². The molecule has 21 heavy (non-hydrogen) atoms. The lowest BCUT2D eigenvalue weighted by molar-refractivity contribution is -0.116. The number of hydrogen-bond acceptors (Lipinski definition) is 3. The van der Waals surface area contributed by atoms with E-state index in [-0.39, 0.29) is 10.9 Å². The molecule has 0 aliphatic rings. The topological polar surface area (TPSA) is 55.1 Å². The maximum Gasteiger partial charge on any atom is 0.224 e. The van der Waals surface area contributed by atoms with E-state index in [0.717, 1.165) is 12.8 Å². The number of amides is 1. The van der Waals surface area contributed by atoms with Crippen LogP contribution in [0, 0.1) is 0 Å². The molecule has 0 radical (unpaired) electrons. The van der Waals surface area contributed by atoms with Gasteiger partial charge in [-0.15, -0.1) is 11.3 Å². The number of anilines is 1. The summed E-state index contributed by atoms with van der Waals surface area (Å²) in [6, 6.07) is 9.16. The first-order valence-electron chi connectivity index (χ1n) is 6.48. The summed E-state index contributed by atoms with van der Waals surface area (Å²) in [5.41, 5.74) is 6.83. The minimum atomic E-state index is -0.0636. The SMILES string of the molecule is NC(=S)c1ccc(Cl)cc1NC(=O)CCCc1cccs1. The summed E-state index contributed by atoms with van der Waals surface area (Å²) < 4.78 is 0. The minimum absolute atomic E-state index is 0.0636. The van der Waals surface area contributed by atoms with Crippen LogP contribution in [0.5, 0.6) is 0 Å². The molecule has 0 spiro atoms. The zero-order valence-corrected chi connectivity index (χ0v) is 13.7. The smallest absolute Gasteiger partial charge is 0.224 e. The van der Waals surface area contributed by atoms with Crippen LogP contribution in [0.15, 0.2) is 35.7 Å². The highest BCUT2D eigenvalue weighted by atomic mass is 35.5. The van der Waals surface area contributed by atoms with E-state index in [1.807, 2.05) is 11.4 Å². The van der Waals surface area contributed by atoms with Gasteiger partial charge in [-0.25, -0.2) is 0 Å². The molecule has 2 rings (SSSR count). The van der Waals surface area contributed by atoms with Gasteiger partial charge in [0.2, 0.25) is 5.91 Å². The minimum Gasteiger partial charge on any atom is -0.389 e. The van der Waals surface area contributed by atoms with E-state index in [1.165, 1.54) is 4.88 Å². The zero-order valence-electron chi connectivity index (χ0n) is 11.3. The summed E-state index contributed by atoms with van der Waals surface area (Å²) in [7, 11) is 0. The highest BCUT2D eigenvalue weighted by molar-refractivity contribution is 7.80. The van der Waals surface area contributed by atoms with Crippen molar-refractivity contribution in [1.82, 2.24) is 0 Å². The molecule has 1 aromatic heterocycles. The predicted molar refractivity (Wildman–Crippen MR) is 93.2 cm³/mol. The van der Waals surface area contributed by atoms with Crippen molar-refractivity contribution >= 4 is 51.7 Å². The van der Waals surface area contributed by atoms with Crippen molar-refractivity contribution in [2.45, 2.75) is 19.3 Å². The Morgan fingerprint density at radius 1 is 1.38 bits per heavy atom. The van der Waals surface area contributed by atoms with Gasteiger partial charge in [0, 0.05) is 21.9 Å². The summed E-state index contributed by atoms with van der Waals surface area (Å²) in [5, 5.41) is 5.39. The standard InChI is InChI=1S/C15H15ClN2OS2/c16-10-6-7-12(15(17)20)13(9-10)18-14(19)5-1-3-11-4-2-8-21-11/h2,4,6-9H,1,3,5H2,(H2,17,20)(H,18,19). The van der Waals surface area contributed by atoms with Crippen LogP contribution < -0.4 is 11.1 Å². The van der Waals surface area contributed by atoms with Crippen molar-refractivity contribution in [2.75, 3.05) is 5.32 Å². The van der Waals surface area contributed by atoms with E-state index in [0.29, 0.717) is 22.7 Å². The lowest BCUT2D eigenvalue weighted by Gasteiger charge is -2.10. The van der Waals surface area contributed by atoms with Crippen molar-refractivity contribution in [1.29, 1.82) is 0 Å². The highest BCUT2D eigenvalue weighted by Gasteiger charge is 2.09.